The number of aliphatic hydroxyl groups is 10. The van der Waals surface area contributed by atoms with Crippen molar-refractivity contribution in [2.75, 3.05) is 40.6 Å². The third kappa shape index (κ3) is 11.9. The van der Waals surface area contributed by atoms with Gasteiger partial charge in [0.15, 0.2) is 54.3 Å². The van der Waals surface area contributed by atoms with Gasteiger partial charge in [-0.05, 0) is 54.8 Å². The summed E-state index contributed by atoms with van der Waals surface area (Å²) in [6.45, 7) is -0.844. The minimum atomic E-state index is -1.93. The first kappa shape index (κ1) is 51.5. The van der Waals surface area contributed by atoms with Gasteiger partial charge in [0.2, 0.25) is 0 Å². The quantitative estimate of drug-likeness (QED) is 0.0529. The molecule has 0 spiro atoms. The summed E-state index contributed by atoms with van der Waals surface area (Å²) in [6, 6.07) is 8.79. The fourth-order valence-corrected chi connectivity index (χ4v) is 7.64. The van der Waals surface area contributed by atoms with E-state index in [9.17, 15) is 66.1 Å². The Bertz CT molecular complexity index is 1900. The second kappa shape index (κ2) is 23.0. The Kier molecular flexibility index (Phi) is 17.9. The molecule has 4 fully saturated rings. The van der Waals surface area contributed by atoms with Gasteiger partial charge in [0.1, 0.15) is 79.4 Å². The number of esters is 1. The number of aromatic hydroxyl groups is 2. The number of carbonyl (C=O) groups excluding carboxylic acids is 1. The van der Waals surface area contributed by atoms with Gasteiger partial charge in [0.05, 0.1) is 46.8 Å². The van der Waals surface area contributed by atoms with Gasteiger partial charge < -0.3 is 113 Å². The zero-order valence-electron chi connectivity index (χ0n) is 35.9. The van der Waals surface area contributed by atoms with Crippen LogP contribution in [0.15, 0.2) is 42.5 Å². The topological polar surface area (TPSA) is 361 Å². The van der Waals surface area contributed by atoms with E-state index in [1.807, 2.05) is 0 Å². The van der Waals surface area contributed by atoms with Crippen LogP contribution in [0.2, 0.25) is 0 Å². The number of rotatable bonds is 17. The molecule has 0 amide bonds. The number of ether oxygens (including phenoxy) is 11. The molecule has 0 unspecified atom stereocenters. The smallest absolute Gasteiger partial charge is 0.331 e. The van der Waals surface area contributed by atoms with Gasteiger partial charge in [-0.2, -0.15) is 0 Å². The van der Waals surface area contributed by atoms with Gasteiger partial charge in [-0.25, -0.2) is 4.79 Å². The van der Waals surface area contributed by atoms with Crippen LogP contribution in [-0.2, 0) is 53.8 Å². The van der Waals surface area contributed by atoms with Crippen molar-refractivity contribution in [1.82, 2.24) is 0 Å². The minimum absolute atomic E-state index is 0.0886. The predicted molar refractivity (Wildman–Crippen MR) is 216 cm³/mol. The summed E-state index contributed by atoms with van der Waals surface area (Å²) < 4.78 is 63.0. The molecule has 370 valence electrons. The zero-order valence-corrected chi connectivity index (χ0v) is 35.9. The molecule has 0 aromatic heterocycles. The van der Waals surface area contributed by atoms with Crippen LogP contribution in [0.4, 0.5) is 0 Å². The molecule has 24 nitrogen and oxygen atoms in total. The highest BCUT2D eigenvalue weighted by Gasteiger charge is 2.55. The highest BCUT2D eigenvalue weighted by atomic mass is 16.8. The molecule has 19 atom stereocenters. The maximum absolute atomic E-state index is 13.7. The maximum Gasteiger partial charge on any atom is 0.331 e. The largest absolute Gasteiger partial charge is 0.504 e. The van der Waals surface area contributed by atoms with Crippen LogP contribution < -0.4 is 9.47 Å². The summed E-state index contributed by atoms with van der Waals surface area (Å²) in [5.74, 6) is -1.12. The number of aliphatic hydroxyl groups excluding tert-OH is 10. The molecule has 4 heterocycles. The summed E-state index contributed by atoms with van der Waals surface area (Å²) in [6.07, 6.45) is -30.1. The summed E-state index contributed by atoms with van der Waals surface area (Å²) in [5.41, 5.74) is 0.943. The summed E-state index contributed by atoms with van der Waals surface area (Å²) in [7, 11) is 2.70. The van der Waals surface area contributed by atoms with Gasteiger partial charge in [-0.15, -0.1) is 0 Å². The molecular weight excluding hydrogens is 888 g/mol. The first-order valence-electron chi connectivity index (χ1n) is 20.9. The lowest BCUT2D eigenvalue weighted by atomic mass is 9.96. The average Bonchev–Trinajstić information content (AvgIpc) is 3.30. The molecule has 0 aliphatic carbocycles. The van der Waals surface area contributed by atoms with Crippen molar-refractivity contribution in [3.63, 3.8) is 0 Å². The first-order valence-corrected chi connectivity index (χ1v) is 20.9. The summed E-state index contributed by atoms with van der Waals surface area (Å²) in [4.78, 5) is 13.7. The van der Waals surface area contributed by atoms with Crippen molar-refractivity contribution in [3.05, 3.63) is 53.6 Å². The van der Waals surface area contributed by atoms with Gasteiger partial charge in [-0.3, -0.25) is 0 Å². The molecule has 4 aliphatic rings. The van der Waals surface area contributed by atoms with Crippen molar-refractivity contribution in [2.24, 2.45) is 0 Å². The SMILES string of the molecule is COc1ccc(CCO[C@@H]2O[C@H](CO[C@@H]3O[C@H](CO)[C@@H](O)[C@H](O)[C@H]3O)[C@@H](OC(=O)C=Cc3ccc(O)c(OC)c3)[C@H](O[C@@H]3O[C@@H](C)[C@H](O)[C@@H](O)[C@H]3O[C@@H]3OC[C@H](O)[C@H](O)[C@H]3O)[C@H]2O)cc1O. The third-order valence-corrected chi connectivity index (χ3v) is 11.5. The van der Waals surface area contributed by atoms with Crippen LogP contribution in [0.25, 0.3) is 6.08 Å². The number of carbonyl (C=O) groups is 1. The summed E-state index contributed by atoms with van der Waals surface area (Å²) in [5, 5.41) is 127. The minimum Gasteiger partial charge on any atom is -0.504 e. The second-order valence-electron chi connectivity index (χ2n) is 16.0. The number of phenolic OH excluding ortho intramolecular Hbond substituents is 2. The Morgan fingerprint density at radius 2 is 1.35 bits per heavy atom. The standard InChI is InChI=1S/C42H58O24/c1-17-28(48)32(52)38(66-40-33(53)29(49)22(46)15-59-40)42(61-17)65-37-35(55)41(58-11-10-19-5-8-23(56-2)21(45)12-19)63-26(16-60-39-34(54)31(51)30(50)25(14-43)62-39)36(37)64-27(47)9-6-18-4-7-20(44)24(13-18)57-3/h4-9,12-13,17,22,25-26,28-46,48-55H,10-11,14-16H2,1-3H3/t17-,22-,25+,26+,28-,29-,30+,31-,32+,33+,34+,35+,36+,37+,38+,39+,40-,41+,42-/m0/s1. The molecule has 4 saturated heterocycles. The Hall–Kier alpha value is -3.87. The van der Waals surface area contributed by atoms with Gasteiger partial charge in [-0.1, -0.05) is 12.1 Å². The fraction of sp³-hybridized carbons (Fsp3) is 0.643. The van der Waals surface area contributed by atoms with E-state index >= 15 is 0 Å². The van der Waals surface area contributed by atoms with Crippen LogP contribution in [-0.4, -0.2) is 225 Å². The molecule has 2 aromatic rings. The molecule has 0 radical (unpaired) electrons. The van der Waals surface area contributed by atoms with E-state index in [1.54, 1.807) is 6.07 Å². The van der Waals surface area contributed by atoms with Crippen molar-refractivity contribution in [1.29, 1.82) is 0 Å². The Morgan fingerprint density at radius 3 is 2.05 bits per heavy atom. The van der Waals surface area contributed by atoms with E-state index in [-0.39, 0.29) is 36.0 Å². The Balaban J connectivity index is 1.33. The molecule has 66 heavy (non-hydrogen) atoms. The Labute approximate surface area is 377 Å². The fourth-order valence-electron chi connectivity index (χ4n) is 7.64. The number of methoxy groups -OCH3 is 2. The van der Waals surface area contributed by atoms with Gasteiger partial charge >= 0.3 is 5.97 Å². The van der Waals surface area contributed by atoms with E-state index in [2.05, 4.69) is 0 Å². The molecule has 0 bridgehead atoms. The molecule has 4 aliphatic heterocycles. The van der Waals surface area contributed by atoms with E-state index < -0.39 is 143 Å². The maximum atomic E-state index is 13.7. The van der Waals surface area contributed by atoms with Crippen molar-refractivity contribution in [3.8, 4) is 23.0 Å². The van der Waals surface area contributed by atoms with Crippen LogP contribution >= 0.6 is 0 Å². The number of phenols is 2. The van der Waals surface area contributed by atoms with Gasteiger partial charge in [0.25, 0.3) is 0 Å². The average molecular weight is 947 g/mol. The number of hydrogen-bond donors (Lipinski definition) is 12. The van der Waals surface area contributed by atoms with Crippen molar-refractivity contribution in [2.45, 2.75) is 130 Å². The lowest BCUT2D eigenvalue weighted by Crippen LogP contribution is -2.66. The second-order valence-corrected chi connectivity index (χ2v) is 16.0. The number of benzene rings is 2. The highest BCUT2D eigenvalue weighted by Crippen LogP contribution is 2.35. The molecular formula is C42H58O24. The molecule has 12 N–H and O–H groups in total. The molecule has 2 aromatic carbocycles. The van der Waals surface area contributed by atoms with Crippen molar-refractivity contribution >= 4 is 12.0 Å². The van der Waals surface area contributed by atoms with Crippen LogP contribution in [0.5, 0.6) is 23.0 Å². The zero-order chi connectivity index (χ0) is 48.0. The third-order valence-electron chi connectivity index (χ3n) is 11.5. The highest BCUT2D eigenvalue weighted by molar-refractivity contribution is 5.87. The van der Waals surface area contributed by atoms with Crippen molar-refractivity contribution < 1.29 is 118 Å². The van der Waals surface area contributed by atoms with E-state index in [4.69, 9.17) is 52.1 Å². The van der Waals surface area contributed by atoms with E-state index in [0.717, 1.165) is 6.08 Å². The molecule has 6 rings (SSSR count). The molecule has 0 saturated carbocycles. The van der Waals surface area contributed by atoms with Crippen LogP contribution in [0, 0.1) is 0 Å². The molecule has 24 heteroatoms. The number of hydrogen-bond acceptors (Lipinski definition) is 24. The monoisotopic (exact) mass is 946 g/mol. The lowest BCUT2D eigenvalue weighted by molar-refractivity contribution is -0.383. The van der Waals surface area contributed by atoms with E-state index in [0.29, 0.717) is 11.1 Å². The lowest BCUT2D eigenvalue weighted by Gasteiger charge is -2.48. The first-order chi connectivity index (χ1) is 31.4. The Morgan fingerprint density at radius 1 is 0.667 bits per heavy atom. The van der Waals surface area contributed by atoms with Crippen LogP contribution in [0.1, 0.15) is 18.1 Å². The predicted octanol–water partition coefficient (Wildman–Crippen LogP) is -4.12. The van der Waals surface area contributed by atoms with Gasteiger partial charge in [0, 0.05) is 6.08 Å². The summed E-state index contributed by atoms with van der Waals surface area (Å²) >= 11 is 0. The normalized spacial score (nSPS) is 38.5. The van der Waals surface area contributed by atoms with Crippen LogP contribution in [0.3, 0.4) is 0 Å². The van der Waals surface area contributed by atoms with E-state index in [1.165, 1.54) is 57.6 Å².